The van der Waals surface area contributed by atoms with Gasteiger partial charge >= 0.3 is 5.97 Å². The van der Waals surface area contributed by atoms with Crippen molar-refractivity contribution in [3.05, 3.63) is 51.8 Å². The first kappa shape index (κ1) is 15.7. The number of carbonyl (C=O) groups is 1. The van der Waals surface area contributed by atoms with E-state index in [1.807, 2.05) is 31.2 Å². The number of nitrogens with one attached hydrogen (secondary N) is 1. The number of aromatic amines is 1. The summed E-state index contributed by atoms with van der Waals surface area (Å²) in [4.78, 5) is 19.7. The molecule has 0 fully saturated rings. The van der Waals surface area contributed by atoms with Gasteiger partial charge in [0.2, 0.25) is 0 Å². The fourth-order valence-electron chi connectivity index (χ4n) is 2.78. The van der Waals surface area contributed by atoms with E-state index in [1.54, 1.807) is 13.8 Å². The molecule has 0 saturated heterocycles. The second-order valence-corrected chi connectivity index (χ2v) is 6.61. The minimum atomic E-state index is -0.628. The molecule has 1 atom stereocenters. The second kappa shape index (κ2) is 6.14. The maximum Gasteiger partial charge on any atom is 0.355 e. The van der Waals surface area contributed by atoms with Crippen LogP contribution in [0.4, 0.5) is 0 Å². The number of carbonyl (C=O) groups excluding carboxylic acids is 1. The van der Waals surface area contributed by atoms with Crippen LogP contribution < -0.4 is 0 Å². The summed E-state index contributed by atoms with van der Waals surface area (Å²) in [5, 5.41) is 10.5. The van der Waals surface area contributed by atoms with Gasteiger partial charge in [-0.2, -0.15) is 0 Å². The summed E-state index contributed by atoms with van der Waals surface area (Å²) in [5.41, 5.74) is 3.56. The summed E-state index contributed by atoms with van der Waals surface area (Å²) >= 11 is 1.51. The first-order chi connectivity index (χ1) is 11.0. The Hall–Kier alpha value is -2.18. The first-order valence-corrected chi connectivity index (χ1v) is 8.17. The van der Waals surface area contributed by atoms with Crippen molar-refractivity contribution in [3.63, 3.8) is 0 Å². The quantitative estimate of drug-likeness (QED) is 0.716. The van der Waals surface area contributed by atoms with Crippen LogP contribution in [0.3, 0.4) is 0 Å². The second-order valence-electron chi connectivity index (χ2n) is 5.49. The number of ether oxygens (including phenoxy) is 1. The van der Waals surface area contributed by atoms with Crippen LogP contribution in [0.2, 0.25) is 0 Å². The number of thiazole rings is 1. The predicted octanol–water partition coefficient (Wildman–Crippen LogP) is 3.65. The molecule has 0 unspecified atom stereocenters. The van der Waals surface area contributed by atoms with E-state index < -0.39 is 12.1 Å². The third-order valence-corrected chi connectivity index (χ3v) is 4.79. The maximum absolute atomic E-state index is 12.3. The number of esters is 1. The Morgan fingerprint density at radius 3 is 2.78 bits per heavy atom. The molecular formula is C17H18N2O3S. The molecule has 0 radical (unpaired) electrons. The lowest BCUT2D eigenvalue weighted by Crippen LogP contribution is -2.07. The van der Waals surface area contributed by atoms with E-state index in [1.165, 1.54) is 11.3 Å². The summed E-state index contributed by atoms with van der Waals surface area (Å²) in [6.07, 6.45) is -0.628. The van der Waals surface area contributed by atoms with E-state index in [0.717, 1.165) is 32.0 Å². The zero-order valence-electron chi connectivity index (χ0n) is 13.2. The lowest BCUT2D eigenvalue weighted by atomic mass is 10.1. The number of para-hydroxylation sites is 1. The van der Waals surface area contributed by atoms with Crippen molar-refractivity contribution in [2.75, 3.05) is 0 Å². The van der Waals surface area contributed by atoms with E-state index in [9.17, 15) is 9.90 Å². The number of fused-ring (bicyclic) bond motifs is 1. The number of rotatable bonds is 4. The maximum atomic E-state index is 12.3. The third-order valence-electron chi connectivity index (χ3n) is 3.78. The molecule has 3 aromatic rings. The van der Waals surface area contributed by atoms with E-state index in [4.69, 9.17) is 4.74 Å². The highest BCUT2D eigenvalue weighted by Crippen LogP contribution is 2.26. The molecule has 0 saturated carbocycles. The van der Waals surface area contributed by atoms with E-state index >= 15 is 0 Å². The highest BCUT2D eigenvalue weighted by atomic mass is 32.1. The monoisotopic (exact) mass is 330 g/mol. The van der Waals surface area contributed by atoms with Crippen molar-refractivity contribution in [2.24, 2.45) is 0 Å². The van der Waals surface area contributed by atoms with Gasteiger partial charge in [0.25, 0.3) is 0 Å². The Bertz CT molecular complexity index is 831. The van der Waals surface area contributed by atoms with Crippen molar-refractivity contribution in [2.45, 2.75) is 33.5 Å². The van der Waals surface area contributed by atoms with Crippen LogP contribution in [0.1, 0.15) is 45.3 Å². The van der Waals surface area contributed by atoms with Gasteiger partial charge in [0.05, 0.1) is 16.3 Å². The van der Waals surface area contributed by atoms with Gasteiger partial charge in [-0.3, -0.25) is 0 Å². The van der Waals surface area contributed by atoms with Crippen molar-refractivity contribution >= 4 is 27.5 Å². The predicted molar refractivity (Wildman–Crippen MR) is 89.6 cm³/mol. The average molecular weight is 330 g/mol. The molecule has 1 aromatic carbocycles. The third kappa shape index (κ3) is 3.00. The summed E-state index contributed by atoms with van der Waals surface area (Å²) < 4.78 is 6.44. The summed E-state index contributed by atoms with van der Waals surface area (Å²) in [6, 6.07) is 7.82. The number of hydrogen-bond donors (Lipinski definition) is 2. The molecule has 2 heterocycles. The number of aliphatic hydroxyl groups is 1. The fourth-order valence-corrected chi connectivity index (χ4v) is 3.66. The molecule has 0 aliphatic carbocycles. The van der Waals surface area contributed by atoms with Gasteiger partial charge in [0, 0.05) is 11.3 Å². The lowest BCUT2D eigenvalue weighted by molar-refractivity contribution is 0.0465. The normalized spacial score (nSPS) is 12.5. The Balaban J connectivity index is 1.76. The Morgan fingerprint density at radius 2 is 2.13 bits per heavy atom. The summed E-state index contributed by atoms with van der Waals surface area (Å²) in [6.45, 7) is 5.46. The van der Waals surface area contributed by atoms with Crippen LogP contribution in [0.5, 0.6) is 0 Å². The molecule has 0 aliphatic heterocycles. The molecule has 120 valence electrons. The van der Waals surface area contributed by atoms with Crippen molar-refractivity contribution in [1.29, 1.82) is 0 Å². The number of hydrogen-bond acceptors (Lipinski definition) is 5. The van der Waals surface area contributed by atoms with Crippen LogP contribution in [0, 0.1) is 13.8 Å². The Morgan fingerprint density at radius 1 is 1.39 bits per heavy atom. The van der Waals surface area contributed by atoms with E-state index in [2.05, 4.69) is 9.97 Å². The number of aliphatic hydroxyl groups excluding tert-OH is 1. The molecule has 0 aliphatic rings. The highest BCUT2D eigenvalue weighted by Gasteiger charge is 2.21. The topological polar surface area (TPSA) is 75.2 Å². The highest BCUT2D eigenvalue weighted by molar-refractivity contribution is 7.18. The Labute approximate surface area is 137 Å². The average Bonchev–Trinajstić information content (AvgIpc) is 3.05. The molecule has 6 heteroatoms. The van der Waals surface area contributed by atoms with Crippen molar-refractivity contribution < 1.29 is 14.6 Å². The van der Waals surface area contributed by atoms with Crippen LogP contribution >= 0.6 is 11.3 Å². The number of benzene rings is 1. The lowest BCUT2D eigenvalue weighted by Gasteiger charge is -2.05. The molecule has 23 heavy (non-hydrogen) atoms. The van der Waals surface area contributed by atoms with Crippen molar-refractivity contribution in [1.82, 2.24) is 9.97 Å². The number of aryl methyl sites for hydroxylation is 1. The number of nitrogens with zero attached hydrogens (tertiary/aromatic N) is 1. The van der Waals surface area contributed by atoms with Crippen LogP contribution in [0.25, 0.3) is 10.2 Å². The fraction of sp³-hybridized carbons (Fsp3) is 0.294. The van der Waals surface area contributed by atoms with Crippen LogP contribution in [0.15, 0.2) is 24.3 Å². The molecule has 2 aromatic heterocycles. The molecule has 2 N–H and O–H groups in total. The summed E-state index contributed by atoms with van der Waals surface area (Å²) in [5.74, 6) is -0.434. The van der Waals surface area contributed by atoms with Gasteiger partial charge in [0.1, 0.15) is 17.3 Å². The van der Waals surface area contributed by atoms with Gasteiger partial charge in [-0.1, -0.05) is 12.1 Å². The number of aromatic nitrogens is 2. The largest absolute Gasteiger partial charge is 0.454 e. The smallest absolute Gasteiger partial charge is 0.355 e. The van der Waals surface area contributed by atoms with Crippen LogP contribution in [-0.2, 0) is 11.3 Å². The minimum Gasteiger partial charge on any atom is -0.454 e. The van der Waals surface area contributed by atoms with Gasteiger partial charge in [-0.25, -0.2) is 9.78 Å². The Kier molecular flexibility index (Phi) is 4.19. The summed E-state index contributed by atoms with van der Waals surface area (Å²) in [7, 11) is 0. The van der Waals surface area contributed by atoms with E-state index in [-0.39, 0.29) is 6.61 Å². The molecule has 0 spiro atoms. The van der Waals surface area contributed by atoms with Gasteiger partial charge in [-0.15, -0.1) is 11.3 Å². The SMILES string of the molecule is Cc1[nH]c(C(=O)OCc2nc3ccccc3s2)c(C)c1[C@H](C)O. The van der Waals surface area contributed by atoms with Crippen molar-refractivity contribution in [3.8, 4) is 0 Å². The van der Waals surface area contributed by atoms with Gasteiger partial charge < -0.3 is 14.8 Å². The zero-order chi connectivity index (χ0) is 16.6. The van der Waals surface area contributed by atoms with Gasteiger partial charge in [-0.05, 0) is 38.5 Å². The molecular weight excluding hydrogens is 312 g/mol. The molecule has 5 nitrogen and oxygen atoms in total. The standard InChI is InChI=1S/C17H18N2O3S/c1-9-15(11(3)20)10(2)18-16(9)17(21)22-8-14-19-12-6-4-5-7-13(12)23-14/h4-7,11,18,20H,8H2,1-3H3/t11-/m0/s1. The zero-order valence-corrected chi connectivity index (χ0v) is 14.0. The van der Waals surface area contributed by atoms with E-state index in [0.29, 0.717) is 5.69 Å². The molecule has 0 bridgehead atoms. The minimum absolute atomic E-state index is 0.139. The molecule has 0 amide bonds. The van der Waals surface area contributed by atoms with Gasteiger partial charge in [0.15, 0.2) is 0 Å². The number of H-pyrrole nitrogens is 1. The first-order valence-electron chi connectivity index (χ1n) is 7.36. The molecule has 3 rings (SSSR count). The van der Waals surface area contributed by atoms with Crippen LogP contribution in [-0.4, -0.2) is 21.0 Å².